The Hall–Kier alpha value is -3.33. The number of amides is 1. The maximum Gasteiger partial charge on any atom is 0.257 e. The third-order valence-electron chi connectivity index (χ3n) is 5.00. The van der Waals surface area contributed by atoms with Gasteiger partial charge < -0.3 is 14.6 Å². The highest BCUT2D eigenvalue weighted by Gasteiger charge is 2.19. The number of pyridine rings is 1. The van der Waals surface area contributed by atoms with E-state index in [4.69, 9.17) is 4.74 Å². The molecule has 3 aromatic heterocycles. The molecular formula is C19H19N7O2. The molecule has 1 N–H and O–H groups in total. The highest BCUT2D eigenvalue weighted by Crippen LogP contribution is 2.25. The van der Waals surface area contributed by atoms with Crippen molar-refractivity contribution in [1.82, 2.24) is 29.5 Å². The Morgan fingerprint density at radius 1 is 1.11 bits per heavy atom. The number of aryl methyl sites for hydroxylation is 1. The van der Waals surface area contributed by atoms with Crippen molar-refractivity contribution in [3.63, 3.8) is 0 Å². The lowest BCUT2D eigenvalue weighted by atomic mass is 10.1. The van der Waals surface area contributed by atoms with E-state index in [0.717, 1.165) is 42.7 Å². The lowest BCUT2D eigenvalue weighted by molar-refractivity contribution is 0.0704. The number of nitrogens with zero attached hydrogens (tertiary/aromatic N) is 6. The molecule has 0 bridgehead atoms. The van der Waals surface area contributed by atoms with Crippen LogP contribution in [0.5, 0.6) is 0 Å². The van der Waals surface area contributed by atoms with Gasteiger partial charge in [0.1, 0.15) is 16.6 Å². The van der Waals surface area contributed by atoms with E-state index in [0.29, 0.717) is 22.8 Å². The SMILES string of the molecule is Cn1nc2ccc(NC(=O)c3cnc4c(c3)ncn4C3CCOCC3)cc2n1. The number of benzene rings is 1. The van der Waals surface area contributed by atoms with E-state index < -0.39 is 0 Å². The Balaban J connectivity index is 1.39. The first-order valence-electron chi connectivity index (χ1n) is 9.20. The van der Waals surface area contributed by atoms with E-state index in [9.17, 15) is 4.79 Å². The first kappa shape index (κ1) is 16.8. The molecule has 4 heterocycles. The third-order valence-corrected chi connectivity index (χ3v) is 5.00. The Labute approximate surface area is 160 Å². The predicted octanol–water partition coefficient (Wildman–Crippen LogP) is 2.32. The maximum atomic E-state index is 12.7. The van der Waals surface area contributed by atoms with Crippen LogP contribution in [-0.2, 0) is 11.8 Å². The smallest absolute Gasteiger partial charge is 0.257 e. The number of carbonyl (C=O) groups excluding carboxylic acids is 1. The van der Waals surface area contributed by atoms with Gasteiger partial charge in [0.15, 0.2) is 5.65 Å². The molecule has 9 nitrogen and oxygen atoms in total. The summed E-state index contributed by atoms with van der Waals surface area (Å²) in [4.78, 5) is 23.1. The molecule has 28 heavy (non-hydrogen) atoms. The van der Waals surface area contributed by atoms with Crippen LogP contribution >= 0.6 is 0 Å². The first-order chi connectivity index (χ1) is 13.7. The zero-order valence-corrected chi connectivity index (χ0v) is 15.4. The molecular weight excluding hydrogens is 358 g/mol. The molecule has 1 fully saturated rings. The molecule has 1 saturated heterocycles. The minimum atomic E-state index is -0.238. The molecule has 0 unspecified atom stereocenters. The Kier molecular flexibility index (Phi) is 4.01. The van der Waals surface area contributed by atoms with E-state index in [1.54, 1.807) is 37.8 Å². The van der Waals surface area contributed by atoms with Crippen molar-refractivity contribution in [3.05, 3.63) is 42.4 Å². The van der Waals surface area contributed by atoms with E-state index in [2.05, 4.69) is 30.0 Å². The summed E-state index contributed by atoms with van der Waals surface area (Å²) < 4.78 is 7.51. The van der Waals surface area contributed by atoms with Gasteiger partial charge >= 0.3 is 0 Å². The van der Waals surface area contributed by atoms with Crippen LogP contribution in [0.1, 0.15) is 29.2 Å². The molecule has 1 amide bonds. The first-order valence-corrected chi connectivity index (χ1v) is 9.20. The van der Waals surface area contributed by atoms with Crippen molar-refractivity contribution in [2.45, 2.75) is 18.9 Å². The fourth-order valence-corrected chi connectivity index (χ4v) is 3.58. The molecule has 0 atom stereocenters. The number of hydrogen-bond acceptors (Lipinski definition) is 6. The molecule has 0 saturated carbocycles. The lowest BCUT2D eigenvalue weighted by Crippen LogP contribution is -2.19. The van der Waals surface area contributed by atoms with Crippen LogP contribution in [-0.4, -0.2) is 48.6 Å². The number of rotatable bonds is 3. The van der Waals surface area contributed by atoms with Crippen LogP contribution in [0.3, 0.4) is 0 Å². The van der Waals surface area contributed by atoms with E-state index in [-0.39, 0.29) is 5.91 Å². The summed E-state index contributed by atoms with van der Waals surface area (Å²) in [5.41, 5.74) is 4.13. The topological polar surface area (TPSA) is 99.8 Å². The Morgan fingerprint density at radius 2 is 1.93 bits per heavy atom. The van der Waals surface area contributed by atoms with E-state index in [1.807, 2.05) is 6.07 Å². The number of fused-ring (bicyclic) bond motifs is 2. The Bertz CT molecular complexity index is 1170. The molecule has 0 radical (unpaired) electrons. The van der Waals surface area contributed by atoms with Gasteiger partial charge in [0.2, 0.25) is 0 Å². The fourth-order valence-electron chi connectivity index (χ4n) is 3.58. The maximum absolute atomic E-state index is 12.7. The molecule has 142 valence electrons. The third kappa shape index (κ3) is 2.99. The summed E-state index contributed by atoms with van der Waals surface area (Å²) in [6, 6.07) is 7.54. The molecule has 0 aliphatic carbocycles. The number of nitrogens with one attached hydrogen (secondary N) is 1. The minimum absolute atomic E-state index is 0.238. The average molecular weight is 377 g/mol. The zero-order chi connectivity index (χ0) is 19.1. The quantitative estimate of drug-likeness (QED) is 0.588. The molecule has 1 aliphatic heterocycles. The second-order valence-electron chi connectivity index (χ2n) is 6.91. The number of hydrogen-bond donors (Lipinski definition) is 1. The van der Waals surface area contributed by atoms with Gasteiger partial charge in [0, 0.05) is 38.2 Å². The van der Waals surface area contributed by atoms with Crippen LogP contribution in [0.15, 0.2) is 36.8 Å². The van der Waals surface area contributed by atoms with Gasteiger partial charge in [0.05, 0.1) is 11.9 Å². The molecule has 4 aromatic rings. The van der Waals surface area contributed by atoms with Crippen LogP contribution in [0, 0.1) is 0 Å². The second-order valence-corrected chi connectivity index (χ2v) is 6.91. The van der Waals surface area contributed by atoms with Crippen molar-refractivity contribution in [2.24, 2.45) is 7.05 Å². The number of aromatic nitrogens is 6. The predicted molar refractivity (Wildman–Crippen MR) is 103 cm³/mol. The molecule has 1 aliphatic rings. The highest BCUT2D eigenvalue weighted by atomic mass is 16.5. The number of anilines is 1. The number of imidazole rings is 1. The van der Waals surface area contributed by atoms with E-state index in [1.165, 1.54) is 4.80 Å². The standard InChI is InChI=1S/C19H19N7O2/c1-25-23-15-3-2-13(9-16(15)24-25)22-19(27)12-8-17-18(20-10-12)26(11-21-17)14-4-6-28-7-5-14/h2-3,8-11,14H,4-7H2,1H3,(H,22,27). The van der Waals surface area contributed by atoms with Gasteiger partial charge in [-0.2, -0.15) is 15.0 Å². The monoisotopic (exact) mass is 377 g/mol. The van der Waals surface area contributed by atoms with Crippen molar-refractivity contribution in [1.29, 1.82) is 0 Å². The molecule has 9 heteroatoms. The molecule has 0 spiro atoms. The Morgan fingerprint density at radius 3 is 2.79 bits per heavy atom. The highest BCUT2D eigenvalue weighted by molar-refractivity contribution is 6.06. The summed E-state index contributed by atoms with van der Waals surface area (Å²) in [7, 11) is 1.76. The van der Waals surface area contributed by atoms with Crippen molar-refractivity contribution in [2.75, 3.05) is 18.5 Å². The zero-order valence-electron chi connectivity index (χ0n) is 15.4. The van der Waals surface area contributed by atoms with Gasteiger partial charge in [-0.25, -0.2) is 9.97 Å². The van der Waals surface area contributed by atoms with Gasteiger partial charge in [-0.3, -0.25) is 4.79 Å². The van der Waals surface area contributed by atoms with Gasteiger partial charge in [-0.05, 0) is 37.1 Å². The largest absolute Gasteiger partial charge is 0.381 e. The second kappa shape index (κ2) is 6.68. The average Bonchev–Trinajstić information content (AvgIpc) is 3.30. The van der Waals surface area contributed by atoms with Crippen LogP contribution in [0.2, 0.25) is 0 Å². The van der Waals surface area contributed by atoms with Crippen LogP contribution in [0.25, 0.3) is 22.2 Å². The van der Waals surface area contributed by atoms with E-state index >= 15 is 0 Å². The normalized spacial score (nSPS) is 15.3. The van der Waals surface area contributed by atoms with Crippen LogP contribution in [0.4, 0.5) is 5.69 Å². The summed E-state index contributed by atoms with van der Waals surface area (Å²) in [6.07, 6.45) is 5.29. The number of ether oxygens (including phenoxy) is 1. The number of carbonyl (C=O) groups is 1. The summed E-state index contributed by atoms with van der Waals surface area (Å²) >= 11 is 0. The van der Waals surface area contributed by atoms with Crippen molar-refractivity contribution < 1.29 is 9.53 Å². The lowest BCUT2D eigenvalue weighted by Gasteiger charge is -2.23. The minimum Gasteiger partial charge on any atom is -0.381 e. The van der Waals surface area contributed by atoms with Crippen LogP contribution < -0.4 is 5.32 Å². The van der Waals surface area contributed by atoms with Crippen molar-refractivity contribution in [3.8, 4) is 0 Å². The van der Waals surface area contributed by atoms with Gasteiger partial charge in [-0.1, -0.05) is 0 Å². The summed E-state index contributed by atoms with van der Waals surface area (Å²) in [6.45, 7) is 1.50. The summed E-state index contributed by atoms with van der Waals surface area (Å²) in [5, 5.41) is 11.4. The molecule has 1 aromatic carbocycles. The van der Waals surface area contributed by atoms with Gasteiger partial charge in [0.25, 0.3) is 5.91 Å². The molecule has 5 rings (SSSR count). The van der Waals surface area contributed by atoms with Crippen molar-refractivity contribution >= 4 is 33.8 Å². The fraction of sp³-hybridized carbons (Fsp3) is 0.316. The summed E-state index contributed by atoms with van der Waals surface area (Å²) in [5.74, 6) is -0.238. The van der Waals surface area contributed by atoms with Gasteiger partial charge in [-0.15, -0.1) is 0 Å².